The lowest BCUT2D eigenvalue weighted by Gasteiger charge is -2.19. The first-order chi connectivity index (χ1) is 8.69. The molecule has 0 aliphatic heterocycles. The molecule has 0 unspecified atom stereocenters. The van der Waals surface area contributed by atoms with Crippen molar-refractivity contribution in [2.45, 2.75) is 32.3 Å². The number of sulfonamides is 1. The van der Waals surface area contributed by atoms with Crippen LogP contribution in [-0.4, -0.2) is 27.2 Å². The molecule has 1 rings (SSSR count). The topological polar surface area (TPSA) is 75.6 Å². The molecule has 0 aromatic heterocycles. The standard InChI is InChI=1S/C13H21NO4S/c1-13(2,3)9-14-19(16,17)12-6-5-10(8-15)7-11(12)18-4/h5-7,14-15H,8-9H2,1-4H3. The zero-order chi connectivity index (χ0) is 14.7. The maximum Gasteiger partial charge on any atom is 0.244 e. The van der Waals surface area contributed by atoms with E-state index in [0.29, 0.717) is 12.1 Å². The van der Waals surface area contributed by atoms with Gasteiger partial charge in [-0.25, -0.2) is 13.1 Å². The summed E-state index contributed by atoms with van der Waals surface area (Å²) in [6.45, 7) is 6.01. The van der Waals surface area contributed by atoms with Gasteiger partial charge in [-0.3, -0.25) is 0 Å². The van der Waals surface area contributed by atoms with Gasteiger partial charge >= 0.3 is 0 Å². The van der Waals surface area contributed by atoms with Crippen LogP contribution in [0, 0.1) is 5.41 Å². The summed E-state index contributed by atoms with van der Waals surface area (Å²) < 4.78 is 32.0. The summed E-state index contributed by atoms with van der Waals surface area (Å²) in [6, 6.07) is 4.52. The van der Waals surface area contributed by atoms with Gasteiger partial charge in [0.1, 0.15) is 10.6 Å². The molecule has 0 atom stereocenters. The number of rotatable bonds is 5. The first-order valence-corrected chi connectivity index (χ1v) is 7.45. The zero-order valence-corrected chi connectivity index (χ0v) is 12.5. The van der Waals surface area contributed by atoms with Crippen molar-refractivity contribution in [2.24, 2.45) is 5.41 Å². The van der Waals surface area contributed by atoms with Crippen molar-refractivity contribution in [1.82, 2.24) is 4.72 Å². The van der Waals surface area contributed by atoms with Gasteiger partial charge < -0.3 is 9.84 Å². The molecule has 108 valence electrons. The van der Waals surface area contributed by atoms with E-state index in [1.54, 1.807) is 6.07 Å². The second-order valence-corrected chi connectivity index (χ2v) is 7.26. The smallest absolute Gasteiger partial charge is 0.244 e. The van der Waals surface area contributed by atoms with Crippen LogP contribution in [0.4, 0.5) is 0 Å². The van der Waals surface area contributed by atoms with Crippen LogP contribution in [0.1, 0.15) is 26.3 Å². The van der Waals surface area contributed by atoms with Crippen LogP contribution in [-0.2, 0) is 16.6 Å². The minimum Gasteiger partial charge on any atom is -0.495 e. The van der Waals surface area contributed by atoms with Crippen molar-refractivity contribution in [3.05, 3.63) is 23.8 Å². The molecule has 0 aliphatic rings. The van der Waals surface area contributed by atoms with Gasteiger partial charge in [-0.2, -0.15) is 0 Å². The second kappa shape index (κ2) is 5.90. The average Bonchev–Trinajstić information content (AvgIpc) is 2.35. The van der Waals surface area contributed by atoms with E-state index in [0.717, 1.165) is 0 Å². The van der Waals surface area contributed by atoms with Crippen molar-refractivity contribution >= 4 is 10.0 Å². The monoisotopic (exact) mass is 287 g/mol. The summed E-state index contributed by atoms with van der Waals surface area (Å²) in [4.78, 5) is 0.0800. The lowest BCUT2D eigenvalue weighted by molar-refractivity contribution is 0.280. The lowest BCUT2D eigenvalue weighted by Crippen LogP contribution is -2.32. The Kier molecular flexibility index (Phi) is 4.95. The molecule has 0 amide bonds. The second-order valence-electron chi connectivity index (χ2n) is 5.53. The molecule has 0 radical (unpaired) electrons. The Morgan fingerprint density at radius 1 is 1.32 bits per heavy atom. The Morgan fingerprint density at radius 3 is 2.42 bits per heavy atom. The minimum atomic E-state index is -3.62. The molecule has 19 heavy (non-hydrogen) atoms. The number of methoxy groups -OCH3 is 1. The van der Waals surface area contributed by atoms with Crippen LogP contribution in [0.2, 0.25) is 0 Å². The normalized spacial score (nSPS) is 12.5. The third-order valence-corrected chi connectivity index (χ3v) is 3.93. The van der Waals surface area contributed by atoms with Crippen molar-refractivity contribution in [2.75, 3.05) is 13.7 Å². The summed E-state index contributed by atoms with van der Waals surface area (Å²) in [6.07, 6.45) is 0. The maximum absolute atomic E-state index is 12.2. The van der Waals surface area contributed by atoms with Crippen molar-refractivity contribution in [3.63, 3.8) is 0 Å². The molecule has 1 aromatic rings. The van der Waals surface area contributed by atoms with Gasteiger partial charge in [0.15, 0.2) is 0 Å². The van der Waals surface area contributed by atoms with Crippen molar-refractivity contribution in [3.8, 4) is 5.75 Å². The molecule has 0 saturated carbocycles. The molecule has 0 saturated heterocycles. The first kappa shape index (κ1) is 15.9. The van der Waals surface area contributed by atoms with Gasteiger partial charge in [0.05, 0.1) is 13.7 Å². The Bertz CT molecular complexity index is 532. The summed E-state index contributed by atoms with van der Waals surface area (Å²) in [5, 5.41) is 9.04. The van der Waals surface area contributed by atoms with Crippen LogP contribution in [0.3, 0.4) is 0 Å². The number of hydrogen-bond donors (Lipinski definition) is 2. The molecule has 5 nitrogen and oxygen atoms in total. The highest BCUT2D eigenvalue weighted by atomic mass is 32.2. The molecular weight excluding hydrogens is 266 g/mol. The minimum absolute atomic E-state index is 0.0800. The molecule has 0 aliphatic carbocycles. The van der Waals surface area contributed by atoms with E-state index in [2.05, 4.69) is 4.72 Å². The van der Waals surface area contributed by atoms with E-state index in [9.17, 15) is 8.42 Å². The Morgan fingerprint density at radius 2 is 1.95 bits per heavy atom. The number of hydrogen-bond acceptors (Lipinski definition) is 4. The highest BCUT2D eigenvalue weighted by molar-refractivity contribution is 7.89. The predicted octanol–water partition coefficient (Wildman–Crippen LogP) is 1.51. The van der Waals surface area contributed by atoms with E-state index < -0.39 is 10.0 Å². The van der Waals surface area contributed by atoms with E-state index in [1.807, 2.05) is 20.8 Å². The SMILES string of the molecule is COc1cc(CO)ccc1S(=O)(=O)NCC(C)(C)C. The number of aliphatic hydroxyl groups is 1. The predicted molar refractivity (Wildman–Crippen MR) is 73.6 cm³/mol. The van der Waals surface area contributed by atoms with Gasteiger partial charge in [0.25, 0.3) is 0 Å². The van der Waals surface area contributed by atoms with Gasteiger partial charge in [-0.05, 0) is 23.1 Å². The highest BCUT2D eigenvalue weighted by Crippen LogP contribution is 2.25. The molecule has 2 N–H and O–H groups in total. The van der Waals surface area contributed by atoms with Gasteiger partial charge in [0, 0.05) is 6.54 Å². The number of ether oxygens (including phenoxy) is 1. The summed E-state index contributed by atoms with van der Waals surface area (Å²) in [5.41, 5.74) is 0.456. The summed E-state index contributed by atoms with van der Waals surface area (Å²) >= 11 is 0. The largest absolute Gasteiger partial charge is 0.495 e. The number of benzene rings is 1. The average molecular weight is 287 g/mol. The molecular formula is C13H21NO4S. The third-order valence-electron chi connectivity index (χ3n) is 2.49. The fourth-order valence-electron chi connectivity index (χ4n) is 1.42. The highest BCUT2D eigenvalue weighted by Gasteiger charge is 2.22. The van der Waals surface area contributed by atoms with E-state index in [1.165, 1.54) is 19.2 Å². The lowest BCUT2D eigenvalue weighted by atomic mass is 9.98. The molecule has 1 aromatic carbocycles. The molecule has 0 spiro atoms. The van der Waals surface area contributed by atoms with Gasteiger partial charge in [-0.1, -0.05) is 26.8 Å². The summed E-state index contributed by atoms with van der Waals surface area (Å²) in [5.74, 6) is 0.230. The van der Waals surface area contributed by atoms with Crippen LogP contribution < -0.4 is 9.46 Å². The van der Waals surface area contributed by atoms with Crippen LogP contribution >= 0.6 is 0 Å². The Hall–Kier alpha value is -1.11. The van der Waals surface area contributed by atoms with E-state index in [-0.39, 0.29) is 22.7 Å². The fraction of sp³-hybridized carbons (Fsp3) is 0.538. The van der Waals surface area contributed by atoms with Gasteiger partial charge in [-0.15, -0.1) is 0 Å². The number of nitrogens with one attached hydrogen (secondary N) is 1. The zero-order valence-electron chi connectivity index (χ0n) is 11.7. The van der Waals surface area contributed by atoms with E-state index in [4.69, 9.17) is 9.84 Å². The maximum atomic E-state index is 12.2. The third kappa shape index (κ3) is 4.49. The van der Waals surface area contributed by atoms with Crippen LogP contribution in [0.25, 0.3) is 0 Å². The molecule has 6 heteroatoms. The van der Waals surface area contributed by atoms with Crippen LogP contribution in [0.15, 0.2) is 23.1 Å². The first-order valence-electron chi connectivity index (χ1n) is 5.97. The Labute approximate surface area is 114 Å². The van der Waals surface area contributed by atoms with Crippen molar-refractivity contribution in [1.29, 1.82) is 0 Å². The van der Waals surface area contributed by atoms with Gasteiger partial charge in [0.2, 0.25) is 10.0 Å². The fourth-order valence-corrected chi connectivity index (χ4v) is 2.85. The summed E-state index contributed by atoms with van der Waals surface area (Å²) in [7, 11) is -2.22. The Balaban J connectivity index is 3.07. The molecule has 0 fully saturated rings. The quantitative estimate of drug-likeness (QED) is 0.861. The van der Waals surface area contributed by atoms with Crippen molar-refractivity contribution < 1.29 is 18.3 Å². The van der Waals surface area contributed by atoms with Crippen LogP contribution in [0.5, 0.6) is 5.75 Å². The van der Waals surface area contributed by atoms with E-state index >= 15 is 0 Å². The molecule has 0 heterocycles. The molecule has 0 bridgehead atoms. The number of aliphatic hydroxyl groups excluding tert-OH is 1.